The summed E-state index contributed by atoms with van der Waals surface area (Å²) in [6.45, 7) is 5.65. The molecule has 1 aromatic heterocycles. The number of halogens is 2. The highest BCUT2D eigenvalue weighted by atomic mass is 79.9. The number of benzene rings is 2. The lowest BCUT2D eigenvalue weighted by Crippen LogP contribution is -2.22. The molecule has 0 N–H and O–H groups in total. The highest BCUT2D eigenvalue weighted by Gasteiger charge is 2.21. The van der Waals surface area contributed by atoms with Gasteiger partial charge in [-0.25, -0.2) is 4.98 Å². The van der Waals surface area contributed by atoms with E-state index in [9.17, 15) is 14.9 Å². The van der Waals surface area contributed by atoms with Crippen LogP contribution in [0.2, 0.25) is 0 Å². The first kappa shape index (κ1) is 23.1. The van der Waals surface area contributed by atoms with Crippen molar-refractivity contribution in [2.45, 2.75) is 39.7 Å². The standard InChI is InChI=1S/C21H20Br2N4O4/c1-4-12(3)31-20-16(23)8-13(9-18(20)27(29)30)11-24-26-19(5-2)25-17-7-6-14(22)10-15(17)21(26)28/h6-12H,4-5H2,1-3H3/t12-/m1/s1. The Morgan fingerprint density at radius 3 is 2.68 bits per heavy atom. The van der Waals surface area contributed by atoms with Gasteiger partial charge in [0.2, 0.25) is 5.75 Å². The molecule has 0 unspecified atom stereocenters. The van der Waals surface area contributed by atoms with Gasteiger partial charge in [0.15, 0.2) is 0 Å². The fraction of sp³-hybridized carbons (Fsp3) is 0.286. The van der Waals surface area contributed by atoms with E-state index in [1.165, 1.54) is 17.0 Å². The number of hydrogen-bond donors (Lipinski definition) is 0. The molecule has 3 rings (SSSR count). The molecular weight excluding hydrogens is 532 g/mol. The van der Waals surface area contributed by atoms with Crippen LogP contribution >= 0.6 is 31.9 Å². The van der Waals surface area contributed by atoms with E-state index in [4.69, 9.17) is 4.74 Å². The van der Waals surface area contributed by atoms with Crippen molar-refractivity contribution in [1.29, 1.82) is 0 Å². The van der Waals surface area contributed by atoms with Gasteiger partial charge in [-0.3, -0.25) is 14.9 Å². The van der Waals surface area contributed by atoms with E-state index in [2.05, 4.69) is 41.9 Å². The van der Waals surface area contributed by atoms with Crippen LogP contribution in [0.15, 0.2) is 49.2 Å². The van der Waals surface area contributed by atoms with Crippen molar-refractivity contribution in [3.05, 3.63) is 71.1 Å². The Labute approximate surface area is 195 Å². The zero-order chi connectivity index (χ0) is 22.7. The summed E-state index contributed by atoms with van der Waals surface area (Å²) < 4.78 is 8.13. The largest absolute Gasteiger partial charge is 0.483 e. The number of aromatic nitrogens is 2. The SMILES string of the molecule is CCc1nc2ccc(Br)cc2c(=O)n1N=Cc1cc(Br)c(O[C@H](C)CC)c([N+](=O)[O-])c1. The third-order valence-corrected chi connectivity index (χ3v) is 5.73. The number of ether oxygens (including phenoxy) is 1. The fourth-order valence-electron chi connectivity index (χ4n) is 2.88. The number of hydrogen-bond acceptors (Lipinski definition) is 6. The van der Waals surface area contributed by atoms with Gasteiger partial charge in [0.1, 0.15) is 5.82 Å². The molecule has 31 heavy (non-hydrogen) atoms. The first-order valence-corrected chi connectivity index (χ1v) is 11.2. The Kier molecular flexibility index (Phi) is 7.22. The molecule has 0 saturated heterocycles. The molecule has 0 spiro atoms. The highest BCUT2D eigenvalue weighted by molar-refractivity contribution is 9.10. The quantitative estimate of drug-likeness (QED) is 0.221. The molecule has 2 aromatic carbocycles. The lowest BCUT2D eigenvalue weighted by atomic mass is 10.2. The lowest BCUT2D eigenvalue weighted by molar-refractivity contribution is -0.386. The molecule has 0 saturated carbocycles. The molecule has 0 aliphatic carbocycles. The Balaban J connectivity index is 2.09. The Morgan fingerprint density at radius 1 is 1.29 bits per heavy atom. The average Bonchev–Trinajstić information content (AvgIpc) is 2.74. The summed E-state index contributed by atoms with van der Waals surface area (Å²) in [5.74, 6) is 0.654. The monoisotopic (exact) mass is 550 g/mol. The first-order valence-electron chi connectivity index (χ1n) is 9.65. The first-order chi connectivity index (χ1) is 14.7. The molecule has 0 amide bonds. The van der Waals surface area contributed by atoms with Crippen LogP contribution in [0.25, 0.3) is 10.9 Å². The predicted octanol–water partition coefficient (Wildman–Crippen LogP) is 5.45. The molecule has 3 aromatic rings. The zero-order valence-electron chi connectivity index (χ0n) is 17.1. The van der Waals surface area contributed by atoms with Gasteiger partial charge in [0.05, 0.1) is 32.6 Å². The zero-order valence-corrected chi connectivity index (χ0v) is 20.3. The summed E-state index contributed by atoms with van der Waals surface area (Å²) >= 11 is 6.72. The molecule has 8 nitrogen and oxygen atoms in total. The van der Waals surface area contributed by atoms with Crippen molar-refractivity contribution >= 4 is 54.7 Å². The van der Waals surface area contributed by atoms with Crippen molar-refractivity contribution in [2.24, 2.45) is 5.10 Å². The molecule has 0 fully saturated rings. The Bertz CT molecular complexity index is 1240. The van der Waals surface area contributed by atoms with E-state index >= 15 is 0 Å². The van der Waals surface area contributed by atoms with Crippen LogP contribution in [0.3, 0.4) is 0 Å². The second-order valence-electron chi connectivity index (χ2n) is 6.85. The van der Waals surface area contributed by atoms with Gasteiger partial charge in [0.25, 0.3) is 5.56 Å². The summed E-state index contributed by atoms with van der Waals surface area (Å²) in [5.41, 5.74) is 0.532. The normalized spacial score (nSPS) is 12.4. The van der Waals surface area contributed by atoms with Gasteiger partial charge in [0, 0.05) is 22.5 Å². The van der Waals surface area contributed by atoms with E-state index in [1.807, 2.05) is 26.8 Å². The van der Waals surface area contributed by atoms with Crippen molar-refractivity contribution < 1.29 is 9.66 Å². The van der Waals surface area contributed by atoms with Crippen molar-refractivity contribution in [2.75, 3.05) is 0 Å². The molecule has 1 heterocycles. The minimum absolute atomic E-state index is 0.167. The molecule has 1 atom stereocenters. The summed E-state index contributed by atoms with van der Waals surface area (Å²) in [5, 5.41) is 16.3. The molecule has 162 valence electrons. The van der Waals surface area contributed by atoms with Crippen LogP contribution < -0.4 is 10.3 Å². The summed E-state index contributed by atoms with van der Waals surface area (Å²) in [7, 11) is 0. The number of nitrogens with zero attached hydrogens (tertiary/aromatic N) is 4. The highest BCUT2D eigenvalue weighted by Crippen LogP contribution is 2.37. The Hall–Kier alpha value is -2.59. The van der Waals surface area contributed by atoms with Crippen molar-refractivity contribution in [3.63, 3.8) is 0 Å². The van der Waals surface area contributed by atoms with Gasteiger partial charge < -0.3 is 4.74 Å². The van der Waals surface area contributed by atoms with E-state index in [1.54, 1.807) is 18.2 Å². The smallest absolute Gasteiger partial charge is 0.312 e. The van der Waals surface area contributed by atoms with E-state index in [-0.39, 0.29) is 23.1 Å². The van der Waals surface area contributed by atoms with Crippen LogP contribution in [0.1, 0.15) is 38.6 Å². The maximum atomic E-state index is 13.0. The number of aryl methyl sites for hydroxylation is 1. The minimum atomic E-state index is -0.501. The van der Waals surface area contributed by atoms with Gasteiger partial charge in [-0.2, -0.15) is 9.78 Å². The van der Waals surface area contributed by atoms with Crippen molar-refractivity contribution in [3.8, 4) is 5.75 Å². The number of nitro benzene ring substituents is 1. The molecule has 10 heteroatoms. The summed E-state index contributed by atoms with van der Waals surface area (Å²) in [4.78, 5) is 28.6. The lowest BCUT2D eigenvalue weighted by Gasteiger charge is -2.14. The second kappa shape index (κ2) is 9.69. The predicted molar refractivity (Wildman–Crippen MR) is 127 cm³/mol. The number of rotatable bonds is 7. The van der Waals surface area contributed by atoms with Crippen LogP contribution in [0.5, 0.6) is 5.75 Å². The topological polar surface area (TPSA) is 99.6 Å². The molecule has 0 aliphatic heterocycles. The molecule has 0 aliphatic rings. The van der Waals surface area contributed by atoms with Crippen LogP contribution in [-0.4, -0.2) is 26.9 Å². The maximum absolute atomic E-state index is 13.0. The second-order valence-corrected chi connectivity index (χ2v) is 8.62. The third-order valence-electron chi connectivity index (χ3n) is 4.65. The van der Waals surface area contributed by atoms with Crippen LogP contribution in [-0.2, 0) is 6.42 Å². The van der Waals surface area contributed by atoms with Gasteiger partial charge >= 0.3 is 5.69 Å². The van der Waals surface area contributed by atoms with Crippen LogP contribution in [0, 0.1) is 10.1 Å². The van der Waals surface area contributed by atoms with Gasteiger partial charge in [-0.15, -0.1) is 0 Å². The van der Waals surface area contributed by atoms with Crippen LogP contribution in [0.4, 0.5) is 5.69 Å². The molecule has 0 bridgehead atoms. The van der Waals surface area contributed by atoms with Gasteiger partial charge in [-0.1, -0.05) is 29.8 Å². The van der Waals surface area contributed by atoms with E-state index in [0.717, 1.165) is 4.47 Å². The van der Waals surface area contributed by atoms with E-state index < -0.39 is 4.92 Å². The maximum Gasteiger partial charge on any atom is 0.312 e. The summed E-state index contributed by atoms with van der Waals surface area (Å²) in [6, 6.07) is 8.31. The average molecular weight is 552 g/mol. The van der Waals surface area contributed by atoms with E-state index in [0.29, 0.717) is 39.6 Å². The summed E-state index contributed by atoms with van der Waals surface area (Å²) in [6.07, 6.45) is 2.42. The number of nitro groups is 1. The fourth-order valence-corrected chi connectivity index (χ4v) is 3.80. The molecule has 0 radical (unpaired) electrons. The van der Waals surface area contributed by atoms with Gasteiger partial charge in [-0.05, 0) is 53.5 Å². The Morgan fingerprint density at radius 2 is 2.03 bits per heavy atom. The third kappa shape index (κ3) is 5.01. The number of fused-ring (bicyclic) bond motifs is 1. The van der Waals surface area contributed by atoms with Crippen molar-refractivity contribution in [1.82, 2.24) is 9.66 Å². The molecular formula is C21H20Br2N4O4. The minimum Gasteiger partial charge on any atom is -0.483 e.